The zero-order valence-corrected chi connectivity index (χ0v) is 17.5. The monoisotopic (exact) mass is 383 g/mol. The zero-order valence-electron chi connectivity index (χ0n) is 16.6. The molecule has 0 fully saturated rings. The number of hydrogen-bond acceptors (Lipinski definition) is 5. The summed E-state index contributed by atoms with van der Waals surface area (Å²) in [6, 6.07) is 4.04. The minimum Gasteiger partial charge on any atom is -0.341 e. The van der Waals surface area contributed by atoms with E-state index in [9.17, 15) is 4.79 Å². The predicted molar refractivity (Wildman–Crippen MR) is 108 cm³/mol. The molecule has 0 aliphatic heterocycles. The molecule has 0 aliphatic rings. The molecular formula is C20H25N5OS. The largest absolute Gasteiger partial charge is 0.341 e. The van der Waals surface area contributed by atoms with Gasteiger partial charge in [0.1, 0.15) is 0 Å². The highest BCUT2D eigenvalue weighted by atomic mass is 32.1. The van der Waals surface area contributed by atoms with E-state index in [4.69, 9.17) is 0 Å². The van der Waals surface area contributed by atoms with Gasteiger partial charge < -0.3 is 4.90 Å². The highest BCUT2D eigenvalue weighted by Crippen LogP contribution is 2.29. The van der Waals surface area contributed by atoms with Crippen molar-refractivity contribution in [3.63, 3.8) is 0 Å². The van der Waals surface area contributed by atoms with Gasteiger partial charge in [-0.25, -0.2) is 14.6 Å². The van der Waals surface area contributed by atoms with Gasteiger partial charge in [-0.2, -0.15) is 5.10 Å². The third-order valence-corrected chi connectivity index (χ3v) is 5.34. The molecule has 0 unspecified atom stereocenters. The number of aromatic nitrogens is 4. The Balaban J connectivity index is 1.94. The van der Waals surface area contributed by atoms with Crippen LogP contribution >= 0.6 is 11.3 Å². The molecule has 3 aromatic rings. The predicted octanol–water partition coefficient (Wildman–Crippen LogP) is 4.04. The van der Waals surface area contributed by atoms with Crippen molar-refractivity contribution in [1.29, 1.82) is 0 Å². The topological polar surface area (TPSA) is 63.9 Å². The van der Waals surface area contributed by atoms with Gasteiger partial charge in [-0.1, -0.05) is 13.8 Å². The fraction of sp³-hybridized carbons (Fsp3) is 0.400. The first-order valence-electron chi connectivity index (χ1n) is 8.98. The molecule has 3 heterocycles. The van der Waals surface area contributed by atoms with Crippen LogP contribution in [0, 0.1) is 26.7 Å². The molecule has 0 saturated carbocycles. The molecule has 0 radical (unpaired) electrons. The zero-order chi connectivity index (χ0) is 19.7. The third-order valence-electron chi connectivity index (χ3n) is 4.38. The lowest BCUT2D eigenvalue weighted by Crippen LogP contribution is -2.30. The van der Waals surface area contributed by atoms with Crippen molar-refractivity contribution in [3.05, 3.63) is 45.5 Å². The Morgan fingerprint density at radius 1 is 1.30 bits per heavy atom. The summed E-state index contributed by atoms with van der Waals surface area (Å²) in [5.41, 5.74) is 3.29. The van der Waals surface area contributed by atoms with E-state index in [1.54, 1.807) is 33.3 Å². The van der Waals surface area contributed by atoms with Gasteiger partial charge in [0.25, 0.3) is 11.9 Å². The first kappa shape index (κ1) is 19.2. The SMILES string of the molecule is Cc1cc(-c2ccnc(-n3ncc(C(=O)N(C)CC(C)C)c3C)n2)c(C)s1. The molecule has 3 aromatic heterocycles. The first-order valence-corrected chi connectivity index (χ1v) is 9.80. The quantitative estimate of drug-likeness (QED) is 0.667. The maximum absolute atomic E-state index is 12.7. The van der Waals surface area contributed by atoms with Gasteiger partial charge in [0.15, 0.2) is 0 Å². The van der Waals surface area contributed by atoms with Crippen LogP contribution in [0.1, 0.15) is 39.7 Å². The van der Waals surface area contributed by atoms with E-state index < -0.39 is 0 Å². The molecule has 6 nitrogen and oxygen atoms in total. The molecule has 1 amide bonds. The van der Waals surface area contributed by atoms with Gasteiger partial charge in [0.2, 0.25) is 0 Å². The smallest absolute Gasteiger partial charge is 0.257 e. The summed E-state index contributed by atoms with van der Waals surface area (Å²) < 4.78 is 1.63. The Labute approximate surface area is 163 Å². The van der Waals surface area contributed by atoms with Crippen molar-refractivity contribution >= 4 is 17.2 Å². The summed E-state index contributed by atoms with van der Waals surface area (Å²) in [6.45, 7) is 10.9. The van der Waals surface area contributed by atoms with Crippen molar-refractivity contribution in [2.24, 2.45) is 5.92 Å². The Bertz CT molecular complexity index is 973. The average molecular weight is 384 g/mol. The number of rotatable bonds is 5. The standard InChI is InChI=1S/C20H25N5OS/c1-12(2)11-24(6)19(26)17-10-22-25(14(17)4)20-21-8-7-18(23-20)16-9-13(3)27-15(16)5/h7-10,12H,11H2,1-6H3. The van der Waals surface area contributed by atoms with E-state index in [1.807, 2.05) is 20.0 Å². The fourth-order valence-electron chi connectivity index (χ4n) is 3.14. The Hall–Kier alpha value is -2.54. The van der Waals surface area contributed by atoms with E-state index in [2.05, 4.69) is 48.8 Å². The van der Waals surface area contributed by atoms with Crippen LogP contribution < -0.4 is 0 Å². The normalized spacial score (nSPS) is 11.2. The lowest BCUT2D eigenvalue weighted by molar-refractivity contribution is 0.0778. The summed E-state index contributed by atoms with van der Waals surface area (Å²) in [5, 5.41) is 4.38. The second-order valence-corrected chi connectivity index (χ2v) is 8.66. The molecule has 0 N–H and O–H groups in total. The van der Waals surface area contributed by atoms with Crippen molar-refractivity contribution in [3.8, 4) is 17.2 Å². The van der Waals surface area contributed by atoms with E-state index in [0.717, 1.165) is 17.0 Å². The minimum atomic E-state index is -0.0343. The summed E-state index contributed by atoms with van der Waals surface area (Å²) in [5.74, 6) is 0.846. The fourth-order valence-corrected chi connectivity index (χ4v) is 4.08. The number of aryl methyl sites for hydroxylation is 2. The van der Waals surface area contributed by atoms with Crippen LogP contribution in [0.25, 0.3) is 17.2 Å². The van der Waals surface area contributed by atoms with Gasteiger partial charge in [0, 0.05) is 35.1 Å². The Kier molecular flexibility index (Phi) is 5.41. The van der Waals surface area contributed by atoms with Crippen LogP contribution in [0.4, 0.5) is 0 Å². The number of hydrogen-bond donors (Lipinski definition) is 0. The highest BCUT2D eigenvalue weighted by Gasteiger charge is 2.20. The van der Waals surface area contributed by atoms with Crippen molar-refractivity contribution < 1.29 is 4.79 Å². The molecule has 0 saturated heterocycles. The molecule has 7 heteroatoms. The van der Waals surface area contributed by atoms with E-state index in [0.29, 0.717) is 24.0 Å². The number of carbonyl (C=O) groups excluding carboxylic acids is 1. The molecular weight excluding hydrogens is 358 g/mol. The first-order chi connectivity index (χ1) is 12.8. The Morgan fingerprint density at radius 2 is 2.04 bits per heavy atom. The highest BCUT2D eigenvalue weighted by molar-refractivity contribution is 7.12. The van der Waals surface area contributed by atoms with Crippen LogP contribution in [0.5, 0.6) is 0 Å². The number of thiophene rings is 1. The molecule has 27 heavy (non-hydrogen) atoms. The average Bonchev–Trinajstić information content (AvgIpc) is 3.15. The summed E-state index contributed by atoms with van der Waals surface area (Å²) in [7, 11) is 1.82. The molecule has 0 aliphatic carbocycles. The maximum atomic E-state index is 12.7. The van der Waals surface area contributed by atoms with Gasteiger partial charge in [-0.3, -0.25) is 4.79 Å². The van der Waals surface area contributed by atoms with E-state index >= 15 is 0 Å². The molecule has 142 valence electrons. The van der Waals surface area contributed by atoms with Crippen molar-refractivity contribution in [2.75, 3.05) is 13.6 Å². The maximum Gasteiger partial charge on any atom is 0.257 e. The van der Waals surface area contributed by atoms with E-state index in [-0.39, 0.29) is 5.91 Å². The summed E-state index contributed by atoms with van der Waals surface area (Å²) in [6.07, 6.45) is 3.34. The summed E-state index contributed by atoms with van der Waals surface area (Å²) in [4.78, 5) is 26.0. The summed E-state index contributed by atoms with van der Waals surface area (Å²) >= 11 is 1.75. The lowest BCUT2D eigenvalue weighted by atomic mass is 10.2. The molecule has 0 bridgehead atoms. The number of carbonyl (C=O) groups is 1. The molecule has 0 spiro atoms. The minimum absolute atomic E-state index is 0.0343. The van der Waals surface area contributed by atoms with Crippen molar-refractivity contribution in [2.45, 2.75) is 34.6 Å². The number of amides is 1. The second-order valence-electron chi connectivity index (χ2n) is 7.20. The molecule has 0 aromatic carbocycles. The van der Waals surface area contributed by atoms with Gasteiger partial charge >= 0.3 is 0 Å². The van der Waals surface area contributed by atoms with Crippen LogP contribution in [-0.2, 0) is 0 Å². The lowest BCUT2D eigenvalue weighted by Gasteiger charge is -2.19. The van der Waals surface area contributed by atoms with Crippen LogP contribution in [0.15, 0.2) is 24.5 Å². The third kappa shape index (κ3) is 3.93. The van der Waals surface area contributed by atoms with Gasteiger partial charge in [-0.15, -0.1) is 11.3 Å². The molecule has 0 atom stereocenters. The number of nitrogens with zero attached hydrogens (tertiary/aromatic N) is 5. The van der Waals surface area contributed by atoms with Gasteiger partial charge in [-0.05, 0) is 38.8 Å². The Morgan fingerprint density at radius 3 is 2.67 bits per heavy atom. The van der Waals surface area contributed by atoms with Crippen LogP contribution in [-0.4, -0.2) is 44.1 Å². The molecule has 3 rings (SSSR count). The second kappa shape index (κ2) is 7.60. The van der Waals surface area contributed by atoms with Crippen LogP contribution in [0.2, 0.25) is 0 Å². The van der Waals surface area contributed by atoms with Crippen molar-refractivity contribution in [1.82, 2.24) is 24.6 Å². The van der Waals surface area contributed by atoms with Crippen LogP contribution in [0.3, 0.4) is 0 Å². The van der Waals surface area contributed by atoms with Gasteiger partial charge in [0.05, 0.1) is 23.1 Å². The van der Waals surface area contributed by atoms with E-state index in [1.165, 1.54) is 9.75 Å².